The lowest BCUT2D eigenvalue weighted by atomic mass is 9.99. The first-order valence-electron chi connectivity index (χ1n) is 4.60. The van der Waals surface area contributed by atoms with Crippen molar-refractivity contribution < 1.29 is 29.9 Å². The average molecular weight is 331 g/mol. The maximum absolute atomic E-state index is 9.50. The zero-order chi connectivity index (χ0) is 11.4. The van der Waals surface area contributed by atoms with Crippen LogP contribution < -0.4 is 0 Å². The largest absolute Gasteiger partial charge is 0.394 e. The van der Waals surface area contributed by atoms with E-state index in [0.29, 0.717) is 11.0 Å². The highest BCUT2D eigenvalue weighted by atomic mass is 124. The highest BCUT2D eigenvalue weighted by molar-refractivity contribution is 14.1. The predicted octanol–water partition coefficient (Wildman–Crippen LogP) is -1.76. The second-order valence-corrected chi connectivity index (χ2v) is 4.34. The van der Waals surface area contributed by atoms with Gasteiger partial charge >= 0.3 is 0 Å². The van der Waals surface area contributed by atoms with Gasteiger partial charge in [0, 0.05) is 4.43 Å². The molecule has 1 fully saturated rings. The molecule has 6 nitrogen and oxygen atoms in total. The van der Waals surface area contributed by atoms with Crippen molar-refractivity contribution in [2.45, 2.75) is 30.7 Å². The lowest BCUT2D eigenvalue weighted by Gasteiger charge is -2.39. The smallest absolute Gasteiger partial charge is 0.186 e. The van der Waals surface area contributed by atoms with Crippen LogP contribution in [0.5, 0.6) is 0 Å². The third kappa shape index (κ3) is 3.22. The van der Waals surface area contributed by atoms with E-state index < -0.39 is 37.3 Å². The highest BCUT2D eigenvalue weighted by Crippen LogP contribution is 2.21. The molecule has 1 rings (SSSR count). The summed E-state index contributed by atoms with van der Waals surface area (Å²) in [5, 5.41) is 37.2. The van der Waals surface area contributed by atoms with E-state index in [1.54, 1.807) is 0 Å². The van der Waals surface area contributed by atoms with E-state index in [-0.39, 0.29) is 0 Å². The van der Waals surface area contributed by atoms with Crippen LogP contribution in [-0.2, 0) is 9.47 Å². The molecule has 1 heterocycles. The Morgan fingerprint density at radius 1 is 1.13 bits per heavy atom. The molecule has 1 aliphatic rings. The Hall–Kier alpha value is 0.490. The van der Waals surface area contributed by atoms with E-state index in [1.165, 1.54) is 0 Å². The molecule has 0 amide bonds. The molecule has 1 aliphatic heterocycles. The minimum Gasteiger partial charge on any atom is -0.394 e. The molecule has 0 aromatic heterocycles. The molecule has 0 spiro atoms. The van der Waals surface area contributed by atoms with E-state index in [9.17, 15) is 15.3 Å². The highest BCUT2D eigenvalue weighted by Gasteiger charge is 2.43. The molecule has 0 bridgehead atoms. The summed E-state index contributed by atoms with van der Waals surface area (Å²) in [7, 11) is 0. The van der Waals surface area contributed by atoms with Crippen LogP contribution in [0.15, 0.2) is 0 Å². The standard InChI is InChI=1S/C8H15IO6/c9-1-2-14-8-7(13)6(12)5(11)4(3-10)15-8/h4-8,10-13H,1-3H2/t4-,5+,6+,7-,8?/m1/s1/i9-3. The number of hydrogen-bond acceptors (Lipinski definition) is 6. The van der Waals surface area contributed by atoms with Gasteiger partial charge in [-0.25, -0.2) is 0 Å². The van der Waals surface area contributed by atoms with E-state index in [2.05, 4.69) is 22.6 Å². The lowest BCUT2D eigenvalue weighted by molar-refractivity contribution is -0.299. The molecule has 90 valence electrons. The van der Waals surface area contributed by atoms with Crippen LogP contribution in [0.3, 0.4) is 0 Å². The Morgan fingerprint density at radius 3 is 2.33 bits per heavy atom. The van der Waals surface area contributed by atoms with Gasteiger partial charge in [0.15, 0.2) is 6.29 Å². The number of alkyl halides is 1. The molecule has 4 N–H and O–H groups in total. The molecule has 1 unspecified atom stereocenters. The predicted molar refractivity (Wildman–Crippen MR) is 58.6 cm³/mol. The summed E-state index contributed by atoms with van der Waals surface area (Å²) in [5.41, 5.74) is 0. The van der Waals surface area contributed by atoms with E-state index in [0.717, 1.165) is 0 Å². The number of rotatable bonds is 4. The maximum atomic E-state index is 9.50. The van der Waals surface area contributed by atoms with Crippen molar-refractivity contribution in [3.63, 3.8) is 0 Å². The average Bonchev–Trinajstić information content (AvgIpc) is 2.25. The number of aliphatic hydroxyl groups excluding tert-OH is 4. The monoisotopic (exact) mass is 331 g/mol. The summed E-state index contributed by atoms with van der Waals surface area (Å²) < 4.78 is 10.9. The summed E-state index contributed by atoms with van der Waals surface area (Å²) in [6.07, 6.45) is -5.90. The van der Waals surface area contributed by atoms with Gasteiger partial charge in [0.2, 0.25) is 0 Å². The van der Waals surface area contributed by atoms with Crippen molar-refractivity contribution in [3.8, 4) is 0 Å². The zero-order valence-corrected chi connectivity index (χ0v) is 10.1. The fraction of sp³-hybridized carbons (Fsp3) is 1.00. The van der Waals surface area contributed by atoms with Crippen LogP contribution >= 0.6 is 22.6 Å². The normalized spacial score (nSPS) is 41.8. The Labute approximate surface area is 101 Å². The number of ether oxygens (including phenoxy) is 2. The Bertz CT molecular complexity index is 190. The molecule has 1 saturated heterocycles. The Morgan fingerprint density at radius 2 is 1.80 bits per heavy atom. The van der Waals surface area contributed by atoms with Gasteiger partial charge in [0.25, 0.3) is 0 Å². The fourth-order valence-electron chi connectivity index (χ4n) is 1.37. The summed E-state index contributed by atoms with van der Waals surface area (Å²) in [5.74, 6) is 0. The molecule has 0 aliphatic carbocycles. The zero-order valence-electron chi connectivity index (χ0n) is 7.99. The molecule has 5 atom stereocenters. The SMILES string of the molecule is OC[C@H]1OC(OCC[124I])[C@H](O)[C@@H](O)[C@H]1O. The van der Waals surface area contributed by atoms with E-state index in [1.807, 2.05) is 0 Å². The van der Waals surface area contributed by atoms with Gasteiger partial charge in [0.05, 0.1) is 13.2 Å². The molecule has 0 radical (unpaired) electrons. The summed E-state index contributed by atoms with van der Waals surface area (Å²) in [6.45, 7) is -0.0711. The topological polar surface area (TPSA) is 99.4 Å². The quantitative estimate of drug-likeness (QED) is 0.360. The third-order valence-corrected chi connectivity index (χ3v) is 2.65. The van der Waals surface area contributed by atoms with Crippen LogP contribution in [0.4, 0.5) is 0 Å². The van der Waals surface area contributed by atoms with Gasteiger partial charge in [-0.15, -0.1) is 0 Å². The number of hydrogen-bond donors (Lipinski definition) is 4. The first-order chi connectivity index (χ1) is 7.11. The molecule has 0 saturated carbocycles. The van der Waals surface area contributed by atoms with Crippen molar-refractivity contribution in [2.24, 2.45) is 0 Å². The van der Waals surface area contributed by atoms with Crippen LogP contribution in [-0.4, -0.2) is 68.8 Å². The minimum absolute atomic E-state index is 0.364. The van der Waals surface area contributed by atoms with Crippen LogP contribution in [0.1, 0.15) is 0 Å². The van der Waals surface area contributed by atoms with Gasteiger partial charge < -0.3 is 29.9 Å². The number of aliphatic hydroxyl groups is 4. The fourth-order valence-corrected chi connectivity index (χ4v) is 1.62. The minimum atomic E-state index is -1.37. The van der Waals surface area contributed by atoms with Crippen LogP contribution in [0.25, 0.3) is 0 Å². The molecule has 0 aromatic carbocycles. The van der Waals surface area contributed by atoms with E-state index in [4.69, 9.17) is 14.6 Å². The Kier molecular flexibility index (Phi) is 5.68. The third-order valence-electron chi connectivity index (χ3n) is 2.21. The summed E-state index contributed by atoms with van der Waals surface area (Å²) >= 11 is 2.09. The van der Waals surface area contributed by atoms with Crippen molar-refractivity contribution >= 4 is 22.6 Å². The maximum Gasteiger partial charge on any atom is 0.186 e. The molecule has 0 aromatic rings. The van der Waals surface area contributed by atoms with Crippen LogP contribution in [0, 0.1) is 0 Å². The molecule has 15 heavy (non-hydrogen) atoms. The second kappa shape index (κ2) is 6.28. The van der Waals surface area contributed by atoms with Crippen LogP contribution in [0.2, 0.25) is 0 Å². The Balaban J connectivity index is 2.57. The first kappa shape index (κ1) is 13.6. The van der Waals surface area contributed by atoms with Crippen molar-refractivity contribution in [1.82, 2.24) is 0 Å². The second-order valence-electron chi connectivity index (χ2n) is 3.26. The summed E-state index contributed by atoms with van der Waals surface area (Å²) in [4.78, 5) is 0. The summed E-state index contributed by atoms with van der Waals surface area (Å²) in [6, 6.07) is 0. The van der Waals surface area contributed by atoms with E-state index >= 15 is 0 Å². The molecular formula is C8H15IO6. The van der Waals surface area contributed by atoms with Crippen molar-refractivity contribution in [1.29, 1.82) is 0 Å². The number of halogens is 1. The van der Waals surface area contributed by atoms with Gasteiger partial charge in [0.1, 0.15) is 24.4 Å². The molecular weight excluding hydrogens is 316 g/mol. The van der Waals surface area contributed by atoms with Gasteiger partial charge in [-0.05, 0) is 0 Å². The van der Waals surface area contributed by atoms with Gasteiger partial charge in [-0.3, -0.25) is 0 Å². The van der Waals surface area contributed by atoms with Crippen molar-refractivity contribution in [3.05, 3.63) is 0 Å². The van der Waals surface area contributed by atoms with Crippen molar-refractivity contribution in [2.75, 3.05) is 17.6 Å². The molecule has 7 heteroatoms. The first-order valence-corrected chi connectivity index (χ1v) is 6.12. The van der Waals surface area contributed by atoms with Gasteiger partial charge in [-0.2, -0.15) is 0 Å². The lowest BCUT2D eigenvalue weighted by Crippen LogP contribution is -2.59. The van der Waals surface area contributed by atoms with Gasteiger partial charge in [-0.1, -0.05) is 22.6 Å².